The van der Waals surface area contributed by atoms with Crippen molar-refractivity contribution >= 4 is 0 Å². The number of nitrogens with zero attached hydrogens (tertiary/aromatic N) is 1. The number of aromatic nitrogens is 1. The van der Waals surface area contributed by atoms with E-state index in [1.54, 1.807) is 12.4 Å². The molecule has 1 fully saturated rings. The predicted octanol–water partition coefficient (Wildman–Crippen LogP) is 1.75. The summed E-state index contributed by atoms with van der Waals surface area (Å²) in [5.74, 6) is -0.470. The van der Waals surface area contributed by atoms with Gasteiger partial charge in [0.05, 0.1) is 19.8 Å². The highest BCUT2D eigenvalue weighted by atomic mass is 16.7. The van der Waals surface area contributed by atoms with Crippen LogP contribution >= 0.6 is 0 Å². The van der Waals surface area contributed by atoms with E-state index in [0.29, 0.717) is 19.8 Å². The Kier molecular flexibility index (Phi) is 3.53. The molecular weight excluding hydrogens is 206 g/mol. The van der Waals surface area contributed by atoms with E-state index in [9.17, 15) is 0 Å². The summed E-state index contributed by atoms with van der Waals surface area (Å²) in [4.78, 5) is 4.02. The summed E-state index contributed by atoms with van der Waals surface area (Å²) in [6.07, 6.45) is 3.59. The fourth-order valence-corrected chi connectivity index (χ4v) is 1.64. The van der Waals surface area contributed by atoms with Crippen molar-refractivity contribution in [3.63, 3.8) is 0 Å². The summed E-state index contributed by atoms with van der Waals surface area (Å²) >= 11 is 0. The summed E-state index contributed by atoms with van der Waals surface area (Å²) in [6, 6.07) is 3.89. The average molecular weight is 223 g/mol. The molecule has 2 rings (SSSR count). The quantitative estimate of drug-likeness (QED) is 0.779. The van der Waals surface area contributed by atoms with Gasteiger partial charge in [-0.1, -0.05) is 6.07 Å². The van der Waals surface area contributed by atoms with Crippen molar-refractivity contribution in [3.8, 4) is 0 Å². The number of hydrogen-bond donors (Lipinski definition) is 0. The molecule has 0 bridgehead atoms. The van der Waals surface area contributed by atoms with E-state index >= 15 is 0 Å². The third kappa shape index (κ3) is 3.27. The van der Waals surface area contributed by atoms with E-state index in [1.807, 2.05) is 26.0 Å². The predicted molar refractivity (Wildman–Crippen MR) is 58.8 cm³/mol. The molecule has 1 saturated heterocycles. The molecular formula is C12H17NO3. The van der Waals surface area contributed by atoms with Gasteiger partial charge in [-0.05, 0) is 25.5 Å². The molecule has 88 valence electrons. The van der Waals surface area contributed by atoms with Crippen LogP contribution in [0.2, 0.25) is 0 Å². The zero-order valence-corrected chi connectivity index (χ0v) is 9.68. The Morgan fingerprint density at radius 2 is 2.44 bits per heavy atom. The van der Waals surface area contributed by atoms with Crippen LogP contribution in [0.25, 0.3) is 0 Å². The second-order valence-electron chi connectivity index (χ2n) is 4.33. The van der Waals surface area contributed by atoms with Crippen LogP contribution in [0.15, 0.2) is 24.5 Å². The van der Waals surface area contributed by atoms with Crippen LogP contribution in [0.1, 0.15) is 19.4 Å². The van der Waals surface area contributed by atoms with E-state index in [2.05, 4.69) is 4.98 Å². The second kappa shape index (κ2) is 4.91. The monoisotopic (exact) mass is 223 g/mol. The Balaban J connectivity index is 1.70. The molecule has 1 aliphatic heterocycles. The maximum absolute atomic E-state index is 5.62. The lowest BCUT2D eigenvalue weighted by Crippen LogP contribution is -2.24. The minimum Gasteiger partial charge on any atom is -0.374 e. The molecule has 0 amide bonds. The molecule has 1 unspecified atom stereocenters. The highest BCUT2D eigenvalue weighted by molar-refractivity contribution is 5.06. The van der Waals surface area contributed by atoms with Crippen molar-refractivity contribution in [2.75, 3.05) is 13.2 Å². The smallest absolute Gasteiger partial charge is 0.163 e. The van der Waals surface area contributed by atoms with Gasteiger partial charge in [0.1, 0.15) is 6.10 Å². The van der Waals surface area contributed by atoms with Crippen LogP contribution in [0.3, 0.4) is 0 Å². The van der Waals surface area contributed by atoms with Crippen LogP contribution in [-0.4, -0.2) is 30.1 Å². The third-order valence-electron chi connectivity index (χ3n) is 2.36. The van der Waals surface area contributed by atoms with Crippen LogP contribution < -0.4 is 0 Å². The Morgan fingerprint density at radius 1 is 1.56 bits per heavy atom. The fraction of sp³-hybridized carbons (Fsp3) is 0.583. The van der Waals surface area contributed by atoms with Gasteiger partial charge in [-0.2, -0.15) is 0 Å². The summed E-state index contributed by atoms with van der Waals surface area (Å²) < 4.78 is 16.6. The van der Waals surface area contributed by atoms with Crippen molar-refractivity contribution in [2.45, 2.75) is 32.3 Å². The van der Waals surface area contributed by atoms with Crippen molar-refractivity contribution in [3.05, 3.63) is 30.1 Å². The molecule has 0 spiro atoms. The van der Waals surface area contributed by atoms with Crippen LogP contribution in [0.5, 0.6) is 0 Å². The first-order valence-electron chi connectivity index (χ1n) is 5.44. The van der Waals surface area contributed by atoms with Gasteiger partial charge in [-0.15, -0.1) is 0 Å². The number of ether oxygens (including phenoxy) is 3. The Hall–Kier alpha value is -0.970. The zero-order chi connectivity index (χ0) is 11.4. The lowest BCUT2D eigenvalue weighted by molar-refractivity contribution is -0.145. The maximum atomic E-state index is 5.62. The van der Waals surface area contributed by atoms with Crippen molar-refractivity contribution < 1.29 is 14.2 Å². The SMILES string of the molecule is CC1(C)OCC(COCc2cccnc2)O1. The van der Waals surface area contributed by atoms with Gasteiger partial charge in [-0.3, -0.25) is 4.98 Å². The van der Waals surface area contributed by atoms with E-state index < -0.39 is 5.79 Å². The van der Waals surface area contributed by atoms with Gasteiger partial charge >= 0.3 is 0 Å². The molecule has 4 nitrogen and oxygen atoms in total. The second-order valence-corrected chi connectivity index (χ2v) is 4.33. The van der Waals surface area contributed by atoms with Crippen LogP contribution in [0, 0.1) is 0 Å². The molecule has 0 radical (unpaired) electrons. The van der Waals surface area contributed by atoms with Crippen molar-refractivity contribution in [2.24, 2.45) is 0 Å². The van der Waals surface area contributed by atoms with E-state index in [4.69, 9.17) is 14.2 Å². The summed E-state index contributed by atoms with van der Waals surface area (Å²) in [5.41, 5.74) is 1.07. The summed E-state index contributed by atoms with van der Waals surface area (Å²) in [5, 5.41) is 0. The summed E-state index contributed by atoms with van der Waals surface area (Å²) in [6.45, 7) is 5.54. The molecule has 1 aromatic heterocycles. The Labute approximate surface area is 95.5 Å². The van der Waals surface area contributed by atoms with Crippen LogP contribution in [-0.2, 0) is 20.8 Å². The lowest BCUT2D eigenvalue weighted by Gasteiger charge is -2.17. The number of rotatable bonds is 4. The first-order valence-corrected chi connectivity index (χ1v) is 5.44. The molecule has 0 aliphatic carbocycles. The summed E-state index contributed by atoms with van der Waals surface area (Å²) in [7, 11) is 0. The topological polar surface area (TPSA) is 40.6 Å². The normalized spacial score (nSPS) is 23.5. The highest BCUT2D eigenvalue weighted by Gasteiger charge is 2.32. The molecule has 2 heterocycles. The maximum Gasteiger partial charge on any atom is 0.163 e. The largest absolute Gasteiger partial charge is 0.374 e. The lowest BCUT2D eigenvalue weighted by atomic mass is 10.3. The van der Waals surface area contributed by atoms with E-state index in [-0.39, 0.29) is 6.10 Å². The number of hydrogen-bond acceptors (Lipinski definition) is 4. The van der Waals surface area contributed by atoms with Gasteiger partial charge in [0, 0.05) is 12.4 Å². The minimum absolute atomic E-state index is 0.0340. The van der Waals surface area contributed by atoms with E-state index in [1.165, 1.54) is 0 Å². The number of pyridine rings is 1. The molecule has 1 aliphatic rings. The Morgan fingerprint density at radius 3 is 3.06 bits per heavy atom. The van der Waals surface area contributed by atoms with Crippen LogP contribution in [0.4, 0.5) is 0 Å². The van der Waals surface area contributed by atoms with Gasteiger partial charge in [-0.25, -0.2) is 0 Å². The fourth-order valence-electron chi connectivity index (χ4n) is 1.64. The van der Waals surface area contributed by atoms with Gasteiger partial charge in [0.15, 0.2) is 5.79 Å². The van der Waals surface area contributed by atoms with E-state index in [0.717, 1.165) is 5.56 Å². The minimum atomic E-state index is -0.470. The molecule has 1 atom stereocenters. The molecule has 16 heavy (non-hydrogen) atoms. The molecule has 1 aromatic rings. The Bertz CT molecular complexity index is 326. The molecule has 0 aromatic carbocycles. The first kappa shape index (κ1) is 11.5. The first-order chi connectivity index (χ1) is 7.66. The van der Waals surface area contributed by atoms with Gasteiger partial charge in [0.2, 0.25) is 0 Å². The molecule has 0 saturated carbocycles. The molecule has 0 N–H and O–H groups in total. The van der Waals surface area contributed by atoms with Gasteiger partial charge in [0.25, 0.3) is 0 Å². The van der Waals surface area contributed by atoms with Gasteiger partial charge < -0.3 is 14.2 Å². The van der Waals surface area contributed by atoms with Crippen molar-refractivity contribution in [1.29, 1.82) is 0 Å². The standard InChI is InChI=1S/C12H17NO3/c1-12(2)15-9-11(16-12)8-14-7-10-4-3-5-13-6-10/h3-6,11H,7-9H2,1-2H3. The third-order valence-corrected chi connectivity index (χ3v) is 2.36. The van der Waals surface area contributed by atoms with Crippen molar-refractivity contribution in [1.82, 2.24) is 4.98 Å². The zero-order valence-electron chi connectivity index (χ0n) is 9.68. The molecule has 4 heteroatoms. The highest BCUT2D eigenvalue weighted by Crippen LogP contribution is 2.22. The average Bonchev–Trinajstić information content (AvgIpc) is 2.60.